The van der Waals surface area contributed by atoms with Crippen LogP contribution in [0.4, 0.5) is 0 Å². The van der Waals surface area contributed by atoms with Gasteiger partial charge >= 0.3 is 0 Å². The molecule has 1 aromatic rings. The Labute approximate surface area is 111 Å². The molecule has 0 radical (unpaired) electrons. The number of nitrogens with zero attached hydrogens (tertiary/aromatic N) is 2. The van der Waals surface area contributed by atoms with Crippen molar-refractivity contribution in [1.29, 1.82) is 0 Å². The van der Waals surface area contributed by atoms with E-state index in [2.05, 4.69) is 35.6 Å². The van der Waals surface area contributed by atoms with Crippen molar-refractivity contribution in [2.45, 2.75) is 58.5 Å². The molecule has 0 amide bonds. The number of hydrogen-bond acceptors (Lipinski definition) is 2. The predicted octanol–water partition coefficient (Wildman–Crippen LogP) is 3.16. The van der Waals surface area contributed by atoms with Gasteiger partial charge in [0.2, 0.25) is 0 Å². The summed E-state index contributed by atoms with van der Waals surface area (Å²) < 4.78 is 2.34. The summed E-state index contributed by atoms with van der Waals surface area (Å²) in [5.74, 6) is 1.76. The van der Waals surface area contributed by atoms with Crippen molar-refractivity contribution in [3.05, 3.63) is 18.2 Å². The fraction of sp³-hybridized carbons (Fsp3) is 0.800. The van der Waals surface area contributed by atoms with Crippen molar-refractivity contribution in [1.82, 2.24) is 14.9 Å². The average Bonchev–Trinajstić information content (AvgIpc) is 2.81. The first kappa shape index (κ1) is 13.6. The number of nitrogens with one attached hydrogen (secondary N) is 1. The van der Waals surface area contributed by atoms with E-state index in [1.807, 2.05) is 19.6 Å². The van der Waals surface area contributed by atoms with E-state index in [0.717, 1.165) is 18.4 Å². The zero-order valence-electron chi connectivity index (χ0n) is 12.2. The van der Waals surface area contributed by atoms with E-state index in [9.17, 15) is 0 Å². The minimum Gasteiger partial charge on any atom is -0.333 e. The molecular weight excluding hydrogens is 222 g/mol. The predicted molar refractivity (Wildman–Crippen MR) is 75.4 cm³/mol. The third-order valence-electron chi connectivity index (χ3n) is 4.57. The third kappa shape index (κ3) is 2.94. The van der Waals surface area contributed by atoms with Gasteiger partial charge in [-0.05, 0) is 45.6 Å². The molecule has 0 spiro atoms. The summed E-state index contributed by atoms with van der Waals surface area (Å²) in [6, 6.07) is 0. The highest BCUT2D eigenvalue weighted by Crippen LogP contribution is 2.30. The van der Waals surface area contributed by atoms with Crippen molar-refractivity contribution in [2.75, 3.05) is 7.05 Å². The monoisotopic (exact) mass is 249 g/mol. The summed E-state index contributed by atoms with van der Waals surface area (Å²) in [6.07, 6.45) is 9.53. The Hall–Kier alpha value is -0.830. The molecule has 0 unspecified atom stereocenters. The number of rotatable bonds is 4. The SMILES string of the molecule is CNC(C)(C)c1cncn1CC1CCC(C)CC1. The van der Waals surface area contributed by atoms with Gasteiger partial charge in [-0.25, -0.2) is 4.98 Å². The summed E-state index contributed by atoms with van der Waals surface area (Å²) in [4.78, 5) is 4.34. The lowest BCUT2D eigenvalue weighted by atomic mass is 9.83. The van der Waals surface area contributed by atoms with E-state index < -0.39 is 0 Å². The van der Waals surface area contributed by atoms with Crippen LogP contribution in [0.25, 0.3) is 0 Å². The molecule has 3 nitrogen and oxygen atoms in total. The van der Waals surface area contributed by atoms with Crippen LogP contribution in [0.5, 0.6) is 0 Å². The second-order valence-corrected chi connectivity index (χ2v) is 6.43. The van der Waals surface area contributed by atoms with Crippen molar-refractivity contribution >= 4 is 0 Å². The fourth-order valence-corrected chi connectivity index (χ4v) is 2.90. The Bertz CT molecular complexity index is 373. The molecule has 3 heteroatoms. The van der Waals surface area contributed by atoms with Crippen molar-refractivity contribution in [3.8, 4) is 0 Å². The molecule has 102 valence electrons. The molecule has 1 saturated carbocycles. The summed E-state index contributed by atoms with van der Waals surface area (Å²) >= 11 is 0. The van der Waals surface area contributed by atoms with Gasteiger partial charge in [-0.1, -0.05) is 19.8 Å². The normalized spacial score (nSPS) is 25.3. The van der Waals surface area contributed by atoms with E-state index >= 15 is 0 Å². The third-order valence-corrected chi connectivity index (χ3v) is 4.57. The van der Waals surface area contributed by atoms with Crippen molar-refractivity contribution < 1.29 is 0 Å². The molecule has 0 bridgehead atoms. The summed E-state index contributed by atoms with van der Waals surface area (Å²) in [5.41, 5.74) is 1.29. The van der Waals surface area contributed by atoms with E-state index in [-0.39, 0.29) is 5.54 Å². The molecule has 1 aliphatic carbocycles. The molecule has 0 atom stereocenters. The zero-order chi connectivity index (χ0) is 13.2. The highest BCUT2D eigenvalue weighted by Gasteiger charge is 2.24. The highest BCUT2D eigenvalue weighted by atomic mass is 15.1. The summed E-state index contributed by atoms with van der Waals surface area (Å²) in [5, 5.41) is 3.37. The van der Waals surface area contributed by atoms with Gasteiger partial charge in [0, 0.05) is 12.7 Å². The van der Waals surface area contributed by atoms with E-state index in [0.29, 0.717) is 0 Å². The van der Waals surface area contributed by atoms with E-state index in [4.69, 9.17) is 0 Å². The van der Waals surface area contributed by atoms with Crippen LogP contribution in [0.15, 0.2) is 12.5 Å². The Kier molecular flexibility index (Phi) is 4.10. The Morgan fingerprint density at radius 1 is 1.33 bits per heavy atom. The van der Waals surface area contributed by atoms with Crippen LogP contribution in [0.2, 0.25) is 0 Å². The first-order chi connectivity index (χ1) is 8.53. The van der Waals surface area contributed by atoms with Gasteiger partial charge in [0.15, 0.2) is 0 Å². The lowest BCUT2D eigenvalue weighted by Crippen LogP contribution is -2.36. The maximum atomic E-state index is 4.34. The molecule has 0 aliphatic heterocycles. The Morgan fingerprint density at radius 2 is 2.00 bits per heavy atom. The molecule has 1 fully saturated rings. The number of hydrogen-bond donors (Lipinski definition) is 1. The van der Waals surface area contributed by atoms with E-state index in [1.165, 1.54) is 31.4 Å². The second-order valence-electron chi connectivity index (χ2n) is 6.43. The van der Waals surface area contributed by atoms with Gasteiger partial charge in [-0.2, -0.15) is 0 Å². The first-order valence-corrected chi connectivity index (χ1v) is 7.22. The van der Waals surface area contributed by atoms with Gasteiger partial charge in [-0.15, -0.1) is 0 Å². The highest BCUT2D eigenvalue weighted by molar-refractivity contribution is 5.11. The van der Waals surface area contributed by atoms with Crippen molar-refractivity contribution in [2.24, 2.45) is 11.8 Å². The minimum atomic E-state index is -0.00153. The number of imidazole rings is 1. The molecule has 1 heterocycles. The molecule has 2 rings (SSSR count). The fourth-order valence-electron chi connectivity index (χ4n) is 2.90. The zero-order valence-corrected chi connectivity index (χ0v) is 12.2. The maximum absolute atomic E-state index is 4.34. The van der Waals surface area contributed by atoms with Crippen LogP contribution in [-0.4, -0.2) is 16.6 Å². The quantitative estimate of drug-likeness (QED) is 0.888. The molecule has 1 aliphatic rings. The van der Waals surface area contributed by atoms with Crippen LogP contribution < -0.4 is 5.32 Å². The largest absolute Gasteiger partial charge is 0.333 e. The van der Waals surface area contributed by atoms with Crippen LogP contribution in [0.1, 0.15) is 52.1 Å². The number of aromatic nitrogens is 2. The van der Waals surface area contributed by atoms with Crippen LogP contribution in [-0.2, 0) is 12.1 Å². The van der Waals surface area contributed by atoms with Crippen LogP contribution in [0.3, 0.4) is 0 Å². The van der Waals surface area contributed by atoms with Crippen molar-refractivity contribution in [3.63, 3.8) is 0 Å². The maximum Gasteiger partial charge on any atom is 0.0948 e. The molecule has 1 N–H and O–H groups in total. The van der Waals surface area contributed by atoms with Gasteiger partial charge in [0.1, 0.15) is 0 Å². The van der Waals surface area contributed by atoms with Crippen LogP contribution in [0, 0.1) is 11.8 Å². The Balaban J connectivity index is 2.04. The molecule has 1 aromatic heterocycles. The van der Waals surface area contributed by atoms with Crippen LogP contribution >= 0.6 is 0 Å². The standard InChI is InChI=1S/C15H27N3/c1-12-5-7-13(8-6-12)10-18-11-17-9-14(18)15(2,3)16-4/h9,11-13,16H,5-8,10H2,1-4H3. The second kappa shape index (κ2) is 5.43. The first-order valence-electron chi connectivity index (χ1n) is 7.22. The average molecular weight is 249 g/mol. The topological polar surface area (TPSA) is 29.9 Å². The van der Waals surface area contributed by atoms with Gasteiger partial charge in [0.05, 0.1) is 17.6 Å². The van der Waals surface area contributed by atoms with E-state index in [1.54, 1.807) is 0 Å². The lowest BCUT2D eigenvalue weighted by molar-refractivity contribution is 0.258. The Morgan fingerprint density at radius 3 is 2.61 bits per heavy atom. The smallest absolute Gasteiger partial charge is 0.0948 e. The molecule has 0 aromatic carbocycles. The summed E-state index contributed by atoms with van der Waals surface area (Å²) in [6.45, 7) is 7.93. The van der Waals surface area contributed by atoms with Gasteiger partial charge in [0.25, 0.3) is 0 Å². The van der Waals surface area contributed by atoms with Gasteiger partial charge in [-0.3, -0.25) is 0 Å². The molecule has 18 heavy (non-hydrogen) atoms. The summed E-state index contributed by atoms with van der Waals surface area (Å²) in [7, 11) is 2.01. The van der Waals surface area contributed by atoms with Gasteiger partial charge < -0.3 is 9.88 Å². The minimum absolute atomic E-state index is 0.00153. The lowest BCUT2D eigenvalue weighted by Gasteiger charge is -2.30. The molecular formula is C15H27N3. The molecule has 0 saturated heterocycles.